The van der Waals surface area contributed by atoms with Crippen molar-refractivity contribution in [2.24, 2.45) is 5.41 Å². The molecule has 23 heavy (non-hydrogen) atoms. The Morgan fingerprint density at radius 3 is 2.83 bits per heavy atom. The van der Waals surface area contributed by atoms with Gasteiger partial charge in [-0.15, -0.1) is 0 Å². The van der Waals surface area contributed by atoms with E-state index in [9.17, 15) is 13.2 Å². The van der Waals surface area contributed by atoms with E-state index in [-0.39, 0.29) is 17.4 Å². The number of amides is 1. The third kappa shape index (κ3) is 3.76. The van der Waals surface area contributed by atoms with Crippen LogP contribution < -0.4 is 10.0 Å². The minimum Gasteiger partial charge on any atom is -0.334 e. The Hall–Kier alpha value is -0.960. The highest BCUT2D eigenvalue weighted by atomic mass is 32.2. The van der Waals surface area contributed by atoms with Crippen molar-refractivity contribution in [3.05, 3.63) is 22.4 Å². The van der Waals surface area contributed by atoms with Crippen LogP contribution in [0.2, 0.25) is 0 Å². The first-order valence-corrected chi connectivity index (χ1v) is 10.5. The fourth-order valence-corrected chi connectivity index (χ4v) is 4.79. The predicted molar refractivity (Wildman–Crippen MR) is 90.7 cm³/mol. The van der Waals surface area contributed by atoms with Gasteiger partial charge in [-0.2, -0.15) is 11.3 Å². The van der Waals surface area contributed by atoms with Crippen LogP contribution in [0.4, 0.5) is 0 Å². The summed E-state index contributed by atoms with van der Waals surface area (Å²) in [7, 11) is -2.20. The largest absolute Gasteiger partial charge is 0.334 e. The second-order valence-corrected chi connectivity index (χ2v) is 9.16. The number of carbonyl (C=O) groups is 1. The van der Waals surface area contributed by atoms with Crippen molar-refractivity contribution in [1.82, 2.24) is 14.9 Å². The molecule has 1 aromatic heterocycles. The van der Waals surface area contributed by atoms with E-state index in [0.717, 1.165) is 37.9 Å². The van der Waals surface area contributed by atoms with Crippen LogP contribution in [-0.2, 0) is 21.4 Å². The third-order valence-electron chi connectivity index (χ3n) is 5.00. The summed E-state index contributed by atoms with van der Waals surface area (Å²) in [4.78, 5) is 14.4. The molecule has 1 unspecified atom stereocenters. The van der Waals surface area contributed by atoms with Crippen LogP contribution in [0.25, 0.3) is 0 Å². The molecule has 128 valence electrons. The summed E-state index contributed by atoms with van der Waals surface area (Å²) in [6.45, 7) is 2.46. The number of nitrogens with one attached hydrogen (secondary N) is 2. The van der Waals surface area contributed by atoms with Gasteiger partial charge in [-0.3, -0.25) is 4.79 Å². The Bertz CT molecular complexity index is 652. The van der Waals surface area contributed by atoms with E-state index in [1.54, 1.807) is 16.2 Å². The maximum atomic E-state index is 12.6. The first-order chi connectivity index (χ1) is 11.0. The number of hydrogen-bond donors (Lipinski definition) is 2. The summed E-state index contributed by atoms with van der Waals surface area (Å²) in [6.07, 6.45) is 3.11. The molecule has 1 saturated carbocycles. The topological polar surface area (TPSA) is 78.5 Å². The molecule has 1 atom stereocenters. The number of thiophene rings is 1. The van der Waals surface area contributed by atoms with Gasteiger partial charge in [0.15, 0.2) is 0 Å². The van der Waals surface area contributed by atoms with Crippen molar-refractivity contribution in [3.63, 3.8) is 0 Å². The number of nitrogens with zero attached hydrogens (tertiary/aromatic N) is 1. The monoisotopic (exact) mass is 357 g/mol. The summed E-state index contributed by atoms with van der Waals surface area (Å²) in [6, 6.07) is 2.17. The standard InChI is InChI=1S/C15H23N3O3S2/c1-16-23(20,21)11-14(19)18(9-12-2-7-22-10-12)13-8-15(13)3-5-17-6-4-15/h2,7,10,13,16-17H,3-6,8-9,11H2,1H3. The summed E-state index contributed by atoms with van der Waals surface area (Å²) in [5, 5.41) is 7.35. The lowest BCUT2D eigenvalue weighted by Crippen LogP contribution is -2.42. The van der Waals surface area contributed by atoms with Crippen molar-refractivity contribution in [2.75, 3.05) is 25.9 Å². The van der Waals surface area contributed by atoms with Crippen molar-refractivity contribution in [2.45, 2.75) is 31.8 Å². The van der Waals surface area contributed by atoms with E-state index in [1.807, 2.05) is 16.8 Å². The van der Waals surface area contributed by atoms with Gasteiger partial charge in [0.25, 0.3) is 0 Å². The average molecular weight is 358 g/mol. The van der Waals surface area contributed by atoms with E-state index < -0.39 is 15.8 Å². The molecule has 0 radical (unpaired) electrons. The van der Waals surface area contributed by atoms with Crippen LogP contribution in [0.5, 0.6) is 0 Å². The van der Waals surface area contributed by atoms with Crippen LogP contribution in [0.3, 0.4) is 0 Å². The molecule has 2 fully saturated rings. The molecule has 2 aliphatic rings. The maximum Gasteiger partial charge on any atom is 0.239 e. The minimum atomic E-state index is -3.54. The van der Waals surface area contributed by atoms with Gasteiger partial charge in [-0.05, 0) is 67.2 Å². The molecule has 1 aliphatic heterocycles. The molecule has 3 rings (SSSR count). The Balaban J connectivity index is 1.76. The summed E-state index contributed by atoms with van der Waals surface area (Å²) in [5.74, 6) is -0.774. The lowest BCUT2D eigenvalue weighted by molar-refractivity contribution is -0.130. The van der Waals surface area contributed by atoms with E-state index >= 15 is 0 Å². The van der Waals surface area contributed by atoms with E-state index in [4.69, 9.17) is 0 Å². The SMILES string of the molecule is CNS(=O)(=O)CC(=O)N(Cc1ccsc1)C1CC12CCNCC2. The second-order valence-electron chi connectivity index (χ2n) is 6.45. The molecule has 1 amide bonds. The van der Waals surface area contributed by atoms with Crippen LogP contribution in [-0.4, -0.2) is 51.2 Å². The normalized spacial score (nSPS) is 22.9. The Morgan fingerprint density at radius 2 is 2.22 bits per heavy atom. The fourth-order valence-electron chi connectivity index (χ4n) is 3.50. The van der Waals surface area contributed by atoms with Gasteiger partial charge in [-0.25, -0.2) is 13.1 Å². The molecule has 1 spiro atoms. The number of hydrogen-bond acceptors (Lipinski definition) is 5. The molecular formula is C15H23N3O3S2. The molecule has 2 N–H and O–H groups in total. The molecule has 1 aromatic rings. The van der Waals surface area contributed by atoms with Crippen molar-refractivity contribution >= 4 is 27.3 Å². The molecule has 8 heteroatoms. The van der Waals surface area contributed by atoms with Crippen molar-refractivity contribution < 1.29 is 13.2 Å². The van der Waals surface area contributed by atoms with Gasteiger partial charge in [0.05, 0.1) is 0 Å². The Labute approximate surface area is 141 Å². The molecular weight excluding hydrogens is 334 g/mol. The van der Waals surface area contributed by atoms with Gasteiger partial charge in [0.2, 0.25) is 15.9 Å². The first-order valence-electron chi connectivity index (χ1n) is 7.88. The number of rotatable bonds is 6. The highest BCUT2D eigenvalue weighted by molar-refractivity contribution is 7.90. The zero-order valence-corrected chi connectivity index (χ0v) is 14.9. The zero-order chi connectivity index (χ0) is 16.5. The van der Waals surface area contributed by atoms with Gasteiger partial charge in [0, 0.05) is 12.6 Å². The number of sulfonamides is 1. The summed E-state index contributed by atoms with van der Waals surface area (Å²) < 4.78 is 25.8. The van der Waals surface area contributed by atoms with E-state index in [0.29, 0.717) is 6.54 Å². The number of carbonyl (C=O) groups excluding carboxylic acids is 1. The van der Waals surface area contributed by atoms with Gasteiger partial charge < -0.3 is 10.2 Å². The maximum absolute atomic E-state index is 12.6. The minimum absolute atomic E-state index is 0.170. The molecule has 0 aromatic carbocycles. The van der Waals surface area contributed by atoms with Gasteiger partial charge >= 0.3 is 0 Å². The highest BCUT2D eigenvalue weighted by Crippen LogP contribution is 2.56. The third-order valence-corrected chi connectivity index (χ3v) is 6.98. The van der Waals surface area contributed by atoms with Crippen LogP contribution in [0.15, 0.2) is 16.8 Å². The lowest BCUT2D eigenvalue weighted by Gasteiger charge is -2.29. The zero-order valence-electron chi connectivity index (χ0n) is 13.2. The molecule has 0 bridgehead atoms. The smallest absolute Gasteiger partial charge is 0.239 e. The van der Waals surface area contributed by atoms with Crippen LogP contribution in [0, 0.1) is 5.41 Å². The van der Waals surface area contributed by atoms with Gasteiger partial charge in [-0.1, -0.05) is 0 Å². The number of piperidine rings is 1. The van der Waals surface area contributed by atoms with E-state index in [1.165, 1.54) is 7.05 Å². The molecule has 1 saturated heterocycles. The van der Waals surface area contributed by atoms with Crippen LogP contribution in [0.1, 0.15) is 24.8 Å². The lowest BCUT2D eigenvalue weighted by atomic mass is 9.93. The summed E-state index contributed by atoms with van der Waals surface area (Å²) >= 11 is 1.59. The fraction of sp³-hybridized carbons (Fsp3) is 0.667. The van der Waals surface area contributed by atoms with Crippen molar-refractivity contribution in [1.29, 1.82) is 0 Å². The Morgan fingerprint density at radius 1 is 1.48 bits per heavy atom. The van der Waals surface area contributed by atoms with Crippen molar-refractivity contribution in [3.8, 4) is 0 Å². The summed E-state index contributed by atoms with van der Waals surface area (Å²) in [5.41, 5.74) is 1.27. The van der Waals surface area contributed by atoms with E-state index in [2.05, 4.69) is 10.0 Å². The Kier molecular flexibility index (Phi) is 4.78. The predicted octanol–water partition coefficient (Wildman–Crippen LogP) is 0.768. The van der Waals surface area contributed by atoms with Crippen LogP contribution >= 0.6 is 11.3 Å². The first kappa shape index (κ1) is 16.9. The molecule has 6 nitrogen and oxygen atoms in total. The molecule has 1 aliphatic carbocycles. The second kappa shape index (κ2) is 6.51. The highest BCUT2D eigenvalue weighted by Gasteiger charge is 2.57. The quantitative estimate of drug-likeness (QED) is 0.788. The molecule has 2 heterocycles. The average Bonchev–Trinajstić information content (AvgIpc) is 2.97. The van der Waals surface area contributed by atoms with Gasteiger partial charge in [0.1, 0.15) is 5.75 Å².